The van der Waals surface area contributed by atoms with E-state index >= 15 is 0 Å². The quantitative estimate of drug-likeness (QED) is 0.755. The van der Waals surface area contributed by atoms with Crippen LogP contribution in [0, 0.1) is 0 Å². The summed E-state index contributed by atoms with van der Waals surface area (Å²) in [4.78, 5) is 6.00. The molecule has 0 radical (unpaired) electrons. The summed E-state index contributed by atoms with van der Waals surface area (Å²) in [6.45, 7) is 8.21. The monoisotopic (exact) mass is 371 g/mol. The molecule has 24 heavy (non-hydrogen) atoms. The predicted molar refractivity (Wildman–Crippen MR) is 106 cm³/mol. The molecule has 1 atom stereocenters. The Morgan fingerprint density at radius 1 is 1.29 bits per heavy atom. The molecule has 1 aliphatic rings. The summed E-state index contributed by atoms with van der Waals surface area (Å²) in [5.74, 6) is 0.913. The number of allylic oxidation sites excluding steroid dienone is 1. The molecular formula is C18H27Cl2N3O. The van der Waals surface area contributed by atoms with Crippen LogP contribution in [0.5, 0.6) is 5.75 Å². The molecule has 2 aromatic rings. The molecule has 2 heterocycles. The van der Waals surface area contributed by atoms with Gasteiger partial charge in [0.05, 0.1) is 7.11 Å². The molecule has 1 fully saturated rings. The normalized spacial score (nSPS) is 16.0. The van der Waals surface area contributed by atoms with Crippen molar-refractivity contribution in [1.29, 1.82) is 0 Å². The third-order valence-electron chi connectivity index (χ3n) is 4.52. The molecule has 0 spiro atoms. The topological polar surface area (TPSA) is 40.3 Å². The number of piperazine rings is 1. The van der Waals surface area contributed by atoms with E-state index in [1.165, 1.54) is 16.5 Å². The van der Waals surface area contributed by atoms with E-state index in [0.29, 0.717) is 6.04 Å². The molecule has 2 N–H and O–H groups in total. The molecule has 0 aliphatic carbocycles. The number of nitrogens with zero attached hydrogens (tertiary/aromatic N) is 1. The number of fused-ring (bicyclic) bond motifs is 1. The number of hydrogen-bond donors (Lipinski definition) is 2. The molecule has 4 nitrogen and oxygen atoms in total. The van der Waals surface area contributed by atoms with E-state index in [2.05, 4.69) is 40.1 Å². The largest absolute Gasteiger partial charge is 0.497 e. The fraction of sp³-hybridized carbons (Fsp3) is 0.444. The maximum Gasteiger partial charge on any atom is 0.119 e. The van der Waals surface area contributed by atoms with Gasteiger partial charge in [-0.15, -0.1) is 31.4 Å². The van der Waals surface area contributed by atoms with Crippen LogP contribution >= 0.6 is 24.8 Å². The number of rotatable bonds is 6. The third kappa shape index (κ3) is 4.45. The summed E-state index contributed by atoms with van der Waals surface area (Å²) < 4.78 is 5.40. The van der Waals surface area contributed by atoms with Crippen molar-refractivity contribution in [2.45, 2.75) is 18.9 Å². The number of nitrogens with one attached hydrogen (secondary N) is 2. The molecule has 1 aromatic carbocycles. The van der Waals surface area contributed by atoms with Crippen molar-refractivity contribution in [3.05, 3.63) is 42.6 Å². The van der Waals surface area contributed by atoms with E-state index in [1.54, 1.807) is 7.11 Å². The Hall–Kier alpha value is -1.20. The van der Waals surface area contributed by atoms with Gasteiger partial charge in [-0.1, -0.05) is 6.08 Å². The molecular weight excluding hydrogens is 345 g/mol. The van der Waals surface area contributed by atoms with Gasteiger partial charge in [0.2, 0.25) is 0 Å². The Kier molecular flexibility index (Phi) is 8.63. The first-order valence-corrected chi connectivity index (χ1v) is 8.04. The summed E-state index contributed by atoms with van der Waals surface area (Å²) in [7, 11) is 1.72. The average molecular weight is 372 g/mol. The lowest BCUT2D eigenvalue weighted by molar-refractivity contribution is 0.167. The fourth-order valence-corrected chi connectivity index (χ4v) is 3.33. The van der Waals surface area contributed by atoms with E-state index in [4.69, 9.17) is 4.74 Å². The SMILES string of the molecule is C=CCC[C@H](c1c[nH]c2ccc(OC)cc12)N1CCNCC1.Cl.Cl. The zero-order valence-electron chi connectivity index (χ0n) is 14.1. The van der Waals surface area contributed by atoms with Crippen molar-refractivity contribution in [2.24, 2.45) is 0 Å². The van der Waals surface area contributed by atoms with Crippen LogP contribution in [0.1, 0.15) is 24.4 Å². The minimum absolute atomic E-state index is 0. The predicted octanol–water partition coefficient (Wildman–Crippen LogP) is 3.93. The molecule has 1 aromatic heterocycles. The van der Waals surface area contributed by atoms with Crippen LogP contribution in [-0.2, 0) is 0 Å². The van der Waals surface area contributed by atoms with Crippen LogP contribution in [0.2, 0.25) is 0 Å². The second-order valence-electron chi connectivity index (χ2n) is 5.82. The zero-order chi connectivity index (χ0) is 15.4. The second kappa shape index (κ2) is 9.94. The molecule has 0 bridgehead atoms. The lowest BCUT2D eigenvalue weighted by Crippen LogP contribution is -2.45. The number of benzene rings is 1. The van der Waals surface area contributed by atoms with Gasteiger partial charge >= 0.3 is 0 Å². The number of aromatic amines is 1. The highest BCUT2D eigenvalue weighted by Gasteiger charge is 2.24. The van der Waals surface area contributed by atoms with E-state index in [-0.39, 0.29) is 24.8 Å². The van der Waals surface area contributed by atoms with Gasteiger partial charge < -0.3 is 15.0 Å². The standard InChI is InChI=1S/C18H25N3O.2ClH/c1-3-4-5-18(21-10-8-19-9-11-21)16-13-20-17-7-6-14(22-2)12-15(16)17;;/h3,6-7,12-13,18-20H,1,4-5,8-11H2,2H3;2*1H/t18-;;/m1../s1. The Morgan fingerprint density at radius 3 is 2.71 bits per heavy atom. The van der Waals surface area contributed by atoms with E-state index in [1.807, 2.05) is 12.1 Å². The maximum absolute atomic E-state index is 5.40. The second-order valence-corrected chi connectivity index (χ2v) is 5.82. The van der Waals surface area contributed by atoms with E-state index in [9.17, 15) is 0 Å². The van der Waals surface area contributed by atoms with Crippen LogP contribution in [0.3, 0.4) is 0 Å². The van der Waals surface area contributed by atoms with Crippen LogP contribution in [-0.4, -0.2) is 43.2 Å². The molecule has 3 rings (SSSR count). The van der Waals surface area contributed by atoms with Crippen molar-refractivity contribution >= 4 is 35.7 Å². The molecule has 0 unspecified atom stereocenters. The Morgan fingerprint density at radius 2 is 2.04 bits per heavy atom. The molecule has 1 saturated heterocycles. The van der Waals surface area contributed by atoms with Crippen LogP contribution < -0.4 is 10.1 Å². The summed E-state index contributed by atoms with van der Waals surface area (Å²) in [6.07, 6.45) is 6.32. The number of ether oxygens (including phenoxy) is 1. The minimum atomic E-state index is 0. The van der Waals surface area contributed by atoms with Gasteiger partial charge in [-0.05, 0) is 36.6 Å². The zero-order valence-corrected chi connectivity index (χ0v) is 15.7. The third-order valence-corrected chi connectivity index (χ3v) is 4.52. The smallest absolute Gasteiger partial charge is 0.119 e. The Labute approximate surface area is 156 Å². The minimum Gasteiger partial charge on any atom is -0.497 e. The van der Waals surface area contributed by atoms with Gasteiger partial charge in [0.15, 0.2) is 0 Å². The van der Waals surface area contributed by atoms with Crippen molar-refractivity contribution in [3.8, 4) is 5.75 Å². The first-order valence-electron chi connectivity index (χ1n) is 8.04. The number of methoxy groups -OCH3 is 1. The summed E-state index contributed by atoms with van der Waals surface area (Å²) in [6, 6.07) is 6.68. The van der Waals surface area contributed by atoms with Gasteiger partial charge in [-0.2, -0.15) is 0 Å². The number of hydrogen-bond acceptors (Lipinski definition) is 3. The number of halogens is 2. The van der Waals surface area contributed by atoms with Gasteiger partial charge in [-0.3, -0.25) is 4.90 Å². The van der Waals surface area contributed by atoms with E-state index < -0.39 is 0 Å². The van der Waals surface area contributed by atoms with Crippen LogP contribution in [0.4, 0.5) is 0 Å². The molecule has 0 saturated carbocycles. The summed E-state index contributed by atoms with van der Waals surface area (Å²) in [5, 5.41) is 4.71. The molecule has 6 heteroatoms. The van der Waals surface area contributed by atoms with Crippen LogP contribution in [0.15, 0.2) is 37.1 Å². The lowest BCUT2D eigenvalue weighted by Gasteiger charge is -2.35. The highest BCUT2D eigenvalue weighted by atomic mass is 35.5. The average Bonchev–Trinajstić information content (AvgIpc) is 2.99. The highest BCUT2D eigenvalue weighted by molar-refractivity contribution is 5.86. The highest BCUT2D eigenvalue weighted by Crippen LogP contribution is 2.33. The fourth-order valence-electron chi connectivity index (χ4n) is 3.33. The summed E-state index contributed by atoms with van der Waals surface area (Å²) in [5.41, 5.74) is 2.55. The lowest BCUT2D eigenvalue weighted by atomic mass is 9.98. The Bertz CT molecular complexity index is 638. The van der Waals surface area contributed by atoms with E-state index in [0.717, 1.165) is 44.8 Å². The molecule has 134 valence electrons. The van der Waals surface area contributed by atoms with Gasteiger partial charge in [0.25, 0.3) is 0 Å². The molecule has 0 amide bonds. The number of H-pyrrole nitrogens is 1. The maximum atomic E-state index is 5.40. The summed E-state index contributed by atoms with van der Waals surface area (Å²) >= 11 is 0. The molecule has 1 aliphatic heterocycles. The first-order chi connectivity index (χ1) is 10.8. The van der Waals surface area contributed by atoms with Gasteiger partial charge in [-0.25, -0.2) is 0 Å². The van der Waals surface area contributed by atoms with Crippen molar-refractivity contribution in [3.63, 3.8) is 0 Å². The van der Waals surface area contributed by atoms with Gasteiger partial charge in [0, 0.05) is 49.3 Å². The van der Waals surface area contributed by atoms with Crippen molar-refractivity contribution < 1.29 is 4.74 Å². The van der Waals surface area contributed by atoms with Crippen molar-refractivity contribution in [2.75, 3.05) is 33.3 Å². The van der Waals surface area contributed by atoms with Gasteiger partial charge in [0.1, 0.15) is 5.75 Å². The van der Waals surface area contributed by atoms with Crippen molar-refractivity contribution in [1.82, 2.24) is 15.2 Å². The number of aromatic nitrogens is 1. The Balaban J connectivity index is 0.00000144. The first kappa shape index (κ1) is 20.8. The van der Waals surface area contributed by atoms with Crippen LogP contribution in [0.25, 0.3) is 10.9 Å².